The second-order valence-corrected chi connectivity index (χ2v) is 4.81. The molecule has 15 heavy (non-hydrogen) atoms. The number of ether oxygens (including phenoxy) is 1. The molecule has 1 fully saturated rings. The normalized spacial score (nSPS) is 17.5. The number of aromatic nitrogens is 2. The number of rotatable bonds is 2. The zero-order chi connectivity index (χ0) is 10.8. The summed E-state index contributed by atoms with van der Waals surface area (Å²) in [5.74, 6) is 1.17. The van der Waals surface area contributed by atoms with Gasteiger partial charge in [-0.1, -0.05) is 0 Å². The van der Waals surface area contributed by atoms with E-state index >= 15 is 0 Å². The summed E-state index contributed by atoms with van der Waals surface area (Å²) < 4.78 is 8.47. The smallest absolute Gasteiger partial charge is 0.141 e. The van der Waals surface area contributed by atoms with Crippen molar-refractivity contribution in [3.05, 3.63) is 10.7 Å². The van der Waals surface area contributed by atoms with Crippen LogP contribution in [-0.4, -0.2) is 36.1 Å². The van der Waals surface area contributed by atoms with Crippen LogP contribution < -0.4 is 4.90 Å². The molecule has 1 aliphatic rings. The lowest BCUT2D eigenvalue weighted by Crippen LogP contribution is -2.38. The zero-order valence-corrected chi connectivity index (χ0v) is 10.7. The van der Waals surface area contributed by atoms with Gasteiger partial charge in [0, 0.05) is 19.1 Å². The third kappa shape index (κ3) is 2.18. The minimum Gasteiger partial charge on any atom is -0.378 e. The first kappa shape index (κ1) is 11.0. The second kappa shape index (κ2) is 4.53. The van der Waals surface area contributed by atoms with Gasteiger partial charge in [-0.05, 0) is 29.8 Å². The van der Waals surface area contributed by atoms with Crippen molar-refractivity contribution in [3.63, 3.8) is 0 Å². The van der Waals surface area contributed by atoms with Crippen LogP contribution in [0, 0.1) is 0 Å². The van der Waals surface area contributed by atoms with E-state index in [2.05, 4.69) is 44.5 Å². The second-order valence-electron chi connectivity index (χ2n) is 3.95. The van der Waals surface area contributed by atoms with Crippen LogP contribution >= 0.6 is 15.9 Å². The molecule has 2 rings (SSSR count). The Kier molecular flexibility index (Phi) is 3.31. The van der Waals surface area contributed by atoms with Crippen LogP contribution in [0.5, 0.6) is 0 Å². The van der Waals surface area contributed by atoms with E-state index in [9.17, 15) is 0 Å². The molecule has 0 amide bonds. The number of hydrogen-bond acceptors (Lipinski definition) is 3. The van der Waals surface area contributed by atoms with Gasteiger partial charge in [-0.2, -0.15) is 5.10 Å². The van der Waals surface area contributed by atoms with Gasteiger partial charge in [0.2, 0.25) is 0 Å². The van der Waals surface area contributed by atoms with Gasteiger partial charge in [0.25, 0.3) is 0 Å². The van der Waals surface area contributed by atoms with Gasteiger partial charge < -0.3 is 9.64 Å². The van der Waals surface area contributed by atoms with Gasteiger partial charge >= 0.3 is 0 Å². The Bertz CT molecular complexity index is 331. The van der Waals surface area contributed by atoms with E-state index < -0.39 is 0 Å². The first-order valence-electron chi connectivity index (χ1n) is 5.26. The summed E-state index contributed by atoms with van der Waals surface area (Å²) >= 11 is 3.56. The molecule has 0 radical (unpaired) electrons. The largest absolute Gasteiger partial charge is 0.378 e. The van der Waals surface area contributed by atoms with Crippen molar-refractivity contribution < 1.29 is 4.74 Å². The molecule has 0 spiro atoms. The predicted molar refractivity (Wildman–Crippen MR) is 63.3 cm³/mol. The van der Waals surface area contributed by atoms with E-state index in [-0.39, 0.29) is 0 Å². The third-order valence-electron chi connectivity index (χ3n) is 2.53. The van der Waals surface area contributed by atoms with Crippen LogP contribution in [0.15, 0.2) is 10.7 Å². The molecule has 0 atom stereocenters. The molecule has 0 saturated carbocycles. The molecule has 0 aromatic carbocycles. The number of morpholine rings is 1. The molecule has 4 nitrogen and oxygen atoms in total. The minimum absolute atomic E-state index is 0.383. The number of anilines is 1. The summed E-state index contributed by atoms with van der Waals surface area (Å²) in [4.78, 5) is 2.32. The average Bonchev–Trinajstić information content (AvgIpc) is 2.61. The molecule has 1 aromatic heterocycles. The van der Waals surface area contributed by atoms with Crippen molar-refractivity contribution in [2.24, 2.45) is 0 Å². The molecule has 0 N–H and O–H groups in total. The van der Waals surface area contributed by atoms with Crippen LogP contribution in [0.25, 0.3) is 0 Å². The van der Waals surface area contributed by atoms with E-state index in [4.69, 9.17) is 4.74 Å². The first-order valence-corrected chi connectivity index (χ1v) is 6.05. The number of nitrogens with zero attached hydrogens (tertiary/aromatic N) is 3. The first-order chi connectivity index (χ1) is 7.20. The Morgan fingerprint density at radius 1 is 1.40 bits per heavy atom. The van der Waals surface area contributed by atoms with E-state index in [0.29, 0.717) is 6.04 Å². The maximum absolute atomic E-state index is 5.35. The monoisotopic (exact) mass is 273 g/mol. The molecule has 0 bridgehead atoms. The van der Waals surface area contributed by atoms with Gasteiger partial charge in [-0.15, -0.1) is 0 Å². The fourth-order valence-corrected chi connectivity index (χ4v) is 2.31. The van der Waals surface area contributed by atoms with Crippen molar-refractivity contribution in [1.82, 2.24) is 9.78 Å². The molecule has 0 aliphatic carbocycles. The molecular weight excluding hydrogens is 258 g/mol. The van der Waals surface area contributed by atoms with Crippen LogP contribution in [0.4, 0.5) is 5.82 Å². The van der Waals surface area contributed by atoms with Crippen molar-refractivity contribution >= 4 is 21.7 Å². The SMILES string of the molecule is CC(C)n1ncc(Br)c1N1CCOCC1. The fraction of sp³-hybridized carbons (Fsp3) is 0.700. The Morgan fingerprint density at radius 3 is 2.67 bits per heavy atom. The van der Waals surface area contributed by atoms with E-state index in [1.54, 1.807) is 0 Å². The number of hydrogen-bond donors (Lipinski definition) is 0. The average molecular weight is 274 g/mol. The summed E-state index contributed by atoms with van der Waals surface area (Å²) in [5, 5.41) is 4.38. The van der Waals surface area contributed by atoms with Crippen molar-refractivity contribution in [2.75, 3.05) is 31.2 Å². The Balaban J connectivity index is 2.28. The van der Waals surface area contributed by atoms with Gasteiger partial charge in [0.05, 0.1) is 23.9 Å². The van der Waals surface area contributed by atoms with Crippen LogP contribution in [0.1, 0.15) is 19.9 Å². The number of halogens is 1. The maximum Gasteiger partial charge on any atom is 0.141 e. The van der Waals surface area contributed by atoms with E-state index in [0.717, 1.165) is 30.8 Å². The van der Waals surface area contributed by atoms with Crippen molar-refractivity contribution in [1.29, 1.82) is 0 Å². The van der Waals surface area contributed by atoms with Crippen molar-refractivity contribution in [3.8, 4) is 0 Å². The molecule has 1 aliphatic heterocycles. The lowest BCUT2D eigenvalue weighted by molar-refractivity contribution is 0.121. The van der Waals surface area contributed by atoms with Crippen LogP contribution in [0.2, 0.25) is 0 Å². The molecule has 84 valence electrons. The van der Waals surface area contributed by atoms with Gasteiger partial charge in [0.1, 0.15) is 5.82 Å². The highest BCUT2D eigenvalue weighted by Crippen LogP contribution is 2.28. The summed E-state index contributed by atoms with van der Waals surface area (Å²) in [7, 11) is 0. The molecule has 2 heterocycles. The molecule has 1 aromatic rings. The Morgan fingerprint density at radius 2 is 2.07 bits per heavy atom. The molecular formula is C10H16BrN3O. The maximum atomic E-state index is 5.35. The minimum atomic E-state index is 0.383. The Hall–Kier alpha value is -0.550. The highest BCUT2D eigenvalue weighted by Gasteiger charge is 2.19. The van der Waals surface area contributed by atoms with Crippen LogP contribution in [-0.2, 0) is 4.74 Å². The quantitative estimate of drug-likeness (QED) is 0.827. The standard InChI is InChI=1S/C10H16BrN3O/c1-8(2)14-10(9(11)7-12-14)13-3-5-15-6-4-13/h7-8H,3-6H2,1-2H3. The highest BCUT2D eigenvalue weighted by molar-refractivity contribution is 9.10. The lowest BCUT2D eigenvalue weighted by atomic mass is 10.3. The zero-order valence-electron chi connectivity index (χ0n) is 9.11. The Labute approximate surface area is 98.3 Å². The topological polar surface area (TPSA) is 30.3 Å². The summed E-state index contributed by atoms with van der Waals surface area (Å²) in [6.45, 7) is 7.77. The van der Waals surface area contributed by atoms with Gasteiger partial charge in [-0.25, -0.2) is 4.68 Å². The highest BCUT2D eigenvalue weighted by atomic mass is 79.9. The fourth-order valence-electron chi connectivity index (χ4n) is 1.78. The summed E-state index contributed by atoms with van der Waals surface area (Å²) in [6.07, 6.45) is 1.87. The predicted octanol–water partition coefficient (Wildman–Crippen LogP) is 2.06. The van der Waals surface area contributed by atoms with E-state index in [1.165, 1.54) is 5.82 Å². The van der Waals surface area contributed by atoms with E-state index in [1.807, 2.05) is 6.20 Å². The van der Waals surface area contributed by atoms with Gasteiger partial charge in [-0.3, -0.25) is 0 Å². The third-order valence-corrected chi connectivity index (χ3v) is 3.09. The van der Waals surface area contributed by atoms with Crippen LogP contribution in [0.3, 0.4) is 0 Å². The lowest BCUT2D eigenvalue weighted by Gasteiger charge is -2.30. The molecule has 0 unspecified atom stereocenters. The summed E-state index contributed by atoms with van der Waals surface area (Å²) in [6, 6.07) is 0.383. The molecule has 1 saturated heterocycles. The van der Waals surface area contributed by atoms with Gasteiger partial charge in [0.15, 0.2) is 0 Å². The summed E-state index contributed by atoms with van der Waals surface area (Å²) in [5.41, 5.74) is 0. The molecule has 5 heteroatoms. The van der Waals surface area contributed by atoms with Crippen molar-refractivity contribution in [2.45, 2.75) is 19.9 Å².